The molecule has 1 aliphatic heterocycles. The van der Waals surface area contributed by atoms with Crippen LogP contribution < -0.4 is 5.32 Å². The molecule has 2 aliphatic carbocycles. The van der Waals surface area contributed by atoms with E-state index in [1.54, 1.807) is 0 Å². The van der Waals surface area contributed by atoms with Crippen molar-refractivity contribution in [2.24, 2.45) is 16.7 Å². The van der Waals surface area contributed by atoms with Crippen LogP contribution in [0.1, 0.15) is 52.9 Å². The summed E-state index contributed by atoms with van der Waals surface area (Å²) in [5.41, 5.74) is 0.794. The van der Waals surface area contributed by atoms with Gasteiger partial charge in [-0.25, -0.2) is 0 Å². The zero-order valence-electron chi connectivity index (χ0n) is 14.4. The van der Waals surface area contributed by atoms with Gasteiger partial charge >= 0.3 is 0 Å². The zero-order valence-corrected chi connectivity index (χ0v) is 14.4. The van der Waals surface area contributed by atoms with Crippen LogP contribution in [0.3, 0.4) is 0 Å². The van der Waals surface area contributed by atoms with Gasteiger partial charge in [0.1, 0.15) is 0 Å². The van der Waals surface area contributed by atoms with E-state index in [0.29, 0.717) is 36.6 Å². The van der Waals surface area contributed by atoms with E-state index >= 15 is 0 Å². The average Bonchev–Trinajstić information content (AvgIpc) is 3.10. The van der Waals surface area contributed by atoms with Gasteiger partial charge in [0.15, 0.2) is 0 Å². The smallest absolute Gasteiger partial charge is 0.0897 e. The van der Waals surface area contributed by atoms with Crippen LogP contribution in [0, 0.1) is 16.7 Å². The number of hydrogen-bond donors (Lipinski definition) is 2. The maximum atomic E-state index is 10.1. The number of nitrogens with one attached hydrogen (secondary N) is 1. The number of ether oxygens (including phenoxy) is 2. The molecule has 1 heterocycles. The van der Waals surface area contributed by atoms with Crippen molar-refractivity contribution in [1.82, 2.24) is 5.32 Å². The Hall–Kier alpha value is -0.160. The summed E-state index contributed by atoms with van der Waals surface area (Å²) >= 11 is 0. The number of aliphatic hydroxyl groups is 1. The predicted octanol–water partition coefficient (Wildman–Crippen LogP) is 2.35. The molecule has 2 N–H and O–H groups in total. The van der Waals surface area contributed by atoms with Gasteiger partial charge in [-0.15, -0.1) is 0 Å². The molecule has 0 aromatic heterocycles. The molecule has 0 unspecified atom stereocenters. The van der Waals surface area contributed by atoms with E-state index in [4.69, 9.17) is 9.47 Å². The molecule has 3 aliphatic rings. The fraction of sp³-hybridized carbons (Fsp3) is 1.00. The maximum Gasteiger partial charge on any atom is 0.0897 e. The minimum atomic E-state index is -0.424. The highest BCUT2D eigenvalue weighted by Crippen LogP contribution is 2.65. The number of fused-ring (bicyclic) bond motifs is 2. The van der Waals surface area contributed by atoms with Crippen LogP contribution in [0.5, 0.6) is 0 Å². The highest BCUT2D eigenvalue weighted by atomic mass is 16.5. The molecule has 1 saturated heterocycles. The third-order valence-corrected chi connectivity index (χ3v) is 7.03. The first-order valence-electron chi connectivity index (χ1n) is 9.04. The molecule has 5 atom stereocenters. The first-order valence-corrected chi connectivity index (χ1v) is 9.04. The summed E-state index contributed by atoms with van der Waals surface area (Å²) in [6.45, 7) is 9.79. The SMILES string of the molecule is CC1(C)[C@H]2CC[C@]1(C)[C@@H](NC[C@H](O)COC[C@H]1CCCO1)C2. The van der Waals surface area contributed by atoms with Crippen LogP contribution >= 0.6 is 0 Å². The Bertz CT molecular complexity index is 381. The lowest BCUT2D eigenvalue weighted by Crippen LogP contribution is -2.47. The van der Waals surface area contributed by atoms with Gasteiger partial charge < -0.3 is 19.9 Å². The Morgan fingerprint density at radius 1 is 1.32 bits per heavy atom. The van der Waals surface area contributed by atoms with Crippen molar-refractivity contribution in [2.75, 3.05) is 26.4 Å². The van der Waals surface area contributed by atoms with Gasteiger partial charge in [-0.1, -0.05) is 20.8 Å². The molecule has 0 amide bonds. The Balaban J connectivity index is 1.37. The van der Waals surface area contributed by atoms with Crippen molar-refractivity contribution < 1.29 is 14.6 Å². The molecule has 4 nitrogen and oxygen atoms in total. The van der Waals surface area contributed by atoms with Gasteiger partial charge in [-0.2, -0.15) is 0 Å². The Morgan fingerprint density at radius 2 is 2.14 bits per heavy atom. The van der Waals surface area contributed by atoms with E-state index < -0.39 is 6.10 Å². The van der Waals surface area contributed by atoms with E-state index in [2.05, 4.69) is 26.1 Å². The predicted molar refractivity (Wildman–Crippen MR) is 86.8 cm³/mol. The lowest BCUT2D eigenvalue weighted by atomic mass is 9.69. The Labute approximate surface area is 134 Å². The van der Waals surface area contributed by atoms with Crippen molar-refractivity contribution in [3.8, 4) is 0 Å². The zero-order chi connectivity index (χ0) is 15.8. The van der Waals surface area contributed by atoms with Crippen LogP contribution in [0.15, 0.2) is 0 Å². The summed E-state index contributed by atoms with van der Waals surface area (Å²) < 4.78 is 11.1. The second-order valence-corrected chi connectivity index (χ2v) is 8.40. The number of hydrogen-bond acceptors (Lipinski definition) is 4. The summed E-state index contributed by atoms with van der Waals surface area (Å²) in [6.07, 6.45) is 5.98. The Kier molecular flexibility index (Phi) is 4.84. The van der Waals surface area contributed by atoms with Crippen LogP contribution in [0.2, 0.25) is 0 Å². The van der Waals surface area contributed by atoms with Crippen molar-refractivity contribution in [3.63, 3.8) is 0 Å². The molecule has 0 spiro atoms. The monoisotopic (exact) mass is 311 g/mol. The van der Waals surface area contributed by atoms with Crippen molar-refractivity contribution >= 4 is 0 Å². The quantitative estimate of drug-likeness (QED) is 0.758. The number of rotatable bonds is 7. The normalized spacial score (nSPS) is 41.2. The molecule has 0 aromatic rings. The lowest BCUT2D eigenvalue weighted by molar-refractivity contribution is -0.0183. The fourth-order valence-electron chi connectivity index (χ4n) is 4.96. The van der Waals surface area contributed by atoms with E-state index in [0.717, 1.165) is 25.4 Å². The fourth-order valence-corrected chi connectivity index (χ4v) is 4.96. The number of aliphatic hydroxyl groups excluding tert-OH is 1. The van der Waals surface area contributed by atoms with Gasteiger partial charge in [0.2, 0.25) is 0 Å². The summed E-state index contributed by atoms with van der Waals surface area (Å²) in [7, 11) is 0. The molecule has 2 saturated carbocycles. The van der Waals surface area contributed by atoms with Crippen LogP contribution in [-0.2, 0) is 9.47 Å². The first kappa shape index (κ1) is 16.7. The second-order valence-electron chi connectivity index (χ2n) is 8.40. The minimum Gasteiger partial charge on any atom is -0.389 e. The van der Waals surface area contributed by atoms with E-state index in [-0.39, 0.29) is 6.10 Å². The minimum absolute atomic E-state index is 0.241. The molecule has 3 rings (SSSR count). The summed E-state index contributed by atoms with van der Waals surface area (Å²) in [5.74, 6) is 0.836. The molecule has 2 bridgehead atoms. The topological polar surface area (TPSA) is 50.7 Å². The summed E-state index contributed by atoms with van der Waals surface area (Å²) in [4.78, 5) is 0. The molecule has 22 heavy (non-hydrogen) atoms. The van der Waals surface area contributed by atoms with Crippen LogP contribution in [0.4, 0.5) is 0 Å². The third-order valence-electron chi connectivity index (χ3n) is 7.03. The van der Waals surface area contributed by atoms with E-state index in [1.165, 1.54) is 19.3 Å². The van der Waals surface area contributed by atoms with Gasteiger partial charge in [0.05, 0.1) is 25.4 Å². The molecule has 4 heteroatoms. The van der Waals surface area contributed by atoms with E-state index in [9.17, 15) is 5.11 Å². The van der Waals surface area contributed by atoms with Gasteiger partial charge in [0.25, 0.3) is 0 Å². The highest BCUT2D eigenvalue weighted by molar-refractivity contribution is 5.13. The molecular formula is C18H33NO3. The molecule has 0 radical (unpaired) electrons. The molecular weight excluding hydrogens is 278 g/mol. The van der Waals surface area contributed by atoms with Gasteiger partial charge in [-0.3, -0.25) is 0 Å². The van der Waals surface area contributed by atoms with Crippen molar-refractivity contribution in [3.05, 3.63) is 0 Å². The highest BCUT2D eigenvalue weighted by Gasteiger charge is 2.60. The third kappa shape index (κ3) is 2.95. The van der Waals surface area contributed by atoms with Crippen molar-refractivity contribution in [2.45, 2.75) is 71.1 Å². The Morgan fingerprint density at radius 3 is 2.73 bits per heavy atom. The van der Waals surface area contributed by atoms with Gasteiger partial charge in [-0.05, 0) is 48.9 Å². The summed E-state index contributed by atoms with van der Waals surface area (Å²) in [5, 5.41) is 13.8. The molecule has 0 aromatic carbocycles. The lowest BCUT2D eigenvalue weighted by Gasteiger charge is -2.40. The van der Waals surface area contributed by atoms with E-state index in [1.807, 2.05) is 0 Å². The van der Waals surface area contributed by atoms with Gasteiger partial charge in [0, 0.05) is 19.2 Å². The largest absolute Gasteiger partial charge is 0.389 e. The molecule has 128 valence electrons. The second kappa shape index (κ2) is 6.39. The molecule has 3 fully saturated rings. The van der Waals surface area contributed by atoms with Crippen LogP contribution in [-0.4, -0.2) is 49.7 Å². The average molecular weight is 311 g/mol. The van der Waals surface area contributed by atoms with Crippen LogP contribution in [0.25, 0.3) is 0 Å². The van der Waals surface area contributed by atoms with Crippen molar-refractivity contribution in [1.29, 1.82) is 0 Å². The first-order chi connectivity index (χ1) is 10.4. The maximum absolute atomic E-state index is 10.1. The standard InChI is InChI=1S/C18H33NO3/c1-17(2)13-6-7-18(17,3)16(9-13)19-10-14(20)11-21-12-15-5-4-8-22-15/h13-16,19-20H,4-12H2,1-3H3/t13-,14-,15+,16-,18+/m0/s1. The summed E-state index contributed by atoms with van der Waals surface area (Å²) in [6, 6.07) is 0.536.